The Labute approximate surface area is 105 Å². The van der Waals surface area contributed by atoms with Crippen LogP contribution in [0, 0.1) is 6.92 Å². The molecule has 2 heterocycles. The minimum atomic E-state index is 1.07. The van der Waals surface area contributed by atoms with E-state index in [0.29, 0.717) is 0 Å². The molecular weight excluding hydrogens is 208 g/mol. The lowest BCUT2D eigenvalue weighted by atomic mass is 10.2. The molecule has 0 radical (unpaired) electrons. The summed E-state index contributed by atoms with van der Waals surface area (Å²) in [5.41, 5.74) is 2.37. The van der Waals surface area contributed by atoms with E-state index in [4.69, 9.17) is 0 Å². The highest BCUT2D eigenvalue weighted by molar-refractivity contribution is 5.07. The van der Waals surface area contributed by atoms with Gasteiger partial charge in [0.25, 0.3) is 0 Å². The van der Waals surface area contributed by atoms with E-state index in [1.807, 2.05) is 51.2 Å². The van der Waals surface area contributed by atoms with Crippen molar-refractivity contribution in [3.63, 3.8) is 0 Å². The van der Waals surface area contributed by atoms with Gasteiger partial charge in [-0.2, -0.15) is 0 Å². The maximum Gasteiger partial charge on any atom is 0.0372 e. The van der Waals surface area contributed by atoms with Crippen LogP contribution in [-0.4, -0.2) is 9.97 Å². The van der Waals surface area contributed by atoms with E-state index in [-0.39, 0.29) is 0 Å². The minimum Gasteiger partial charge on any atom is -0.264 e. The summed E-state index contributed by atoms with van der Waals surface area (Å²) in [4.78, 5) is 7.93. The molecule has 0 bridgehead atoms. The van der Waals surface area contributed by atoms with Gasteiger partial charge in [0.05, 0.1) is 0 Å². The molecule has 0 aliphatic rings. The predicted octanol–water partition coefficient (Wildman–Crippen LogP) is 4.06. The molecule has 0 aromatic carbocycles. The minimum absolute atomic E-state index is 1.07. The first-order valence-electron chi connectivity index (χ1n) is 6.09. The van der Waals surface area contributed by atoms with Crippen LogP contribution in [0.5, 0.6) is 0 Å². The van der Waals surface area contributed by atoms with Crippen LogP contribution in [-0.2, 0) is 6.42 Å². The van der Waals surface area contributed by atoms with Crippen LogP contribution >= 0.6 is 0 Å². The summed E-state index contributed by atoms with van der Waals surface area (Å²) in [5.74, 6) is 0. The third-order valence-corrected chi connectivity index (χ3v) is 1.94. The molecule has 0 fully saturated rings. The predicted molar refractivity (Wildman–Crippen MR) is 73.9 cm³/mol. The molecule has 0 aliphatic carbocycles. The van der Waals surface area contributed by atoms with E-state index in [0.717, 1.165) is 12.1 Å². The zero-order valence-electron chi connectivity index (χ0n) is 11.2. The second-order valence-electron chi connectivity index (χ2n) is 3.19. The Morgan fingerprint density at radius 2 is 1.76 bits per heavy atom. The summed E-state index contributed by atoms with van der Waals surface area (Å²) in [5, 5.41) is 0. The summed E-state index contributed by atoms with van der Waals surface area (Å²) >= 11 is 0. The van der Waals surface area contributed by atoms with E-state index >= 15 is 0 Å². The summed E-state index contributed by atoms with van der Waals surface area (Å²) in [6, 6.07) is 9.89. The lowest BCUT2D eigenvalue weighted by Gasteiger charge is -1.88. The van der Waals surface area contributed by atoms with Crippen LogP contribution in [0.2, 0.25) is 0 Å². The largest absolute Gasteiger partial charge is 0.264 e. The average Bonchev–Trinajstić information content (AvgIpc) is 2.43. The lowest BCUT2D eigenvalue weighted by molar-refractivity contribution is 1.10. The standard InChI is InChI=1S/C7H9N.C6H7N.C2H6/c1-2-7-4-3-5-8-6-7;1-6-4-2-3-5-7-6;1-2/h3-6H,2H2,1H3;2-5H,1H3;1-2H3. The van der Waals surface area contributed by atoms with Gasteiger partial charge in [0.1, 0.15) is 0 Å². The lowest BCUT2D eigenvalue weighted by Crippen LogP contribution is -1.77. The van der Waals surface area contributed by atoms with Crippen molar-refractivity contribution in [2.24, 2.45) is 0 Å². The molecule has 0 aliphatic heterocycles. The number of pyridine rings is 2. The first kappa shape index (κ1) is 15.3. The summed E-state index contributed by atoms with van der Waals surface area (Å²) in [6.45, 7) is 8.09. The van der Waals surface area contributed by atoms with Crippen molar-refractivity contribution < 1.29 is 0 Å². The maximum atomic E-state index is 3.98. The van der Waals surface area contributed by atoms with Gasteiger partial charge in [-0.15, -0.1) is 0 Å². The van der Waals surface area contributed by atoms with Crippen molar-refractivity contribution in [3.8, 4) is 0 Å². The van der Waals surface area contributed by atoms with E-state index < -0.39 is 0 Å². The molecule has 0 amide bonds. The van der Waals surface area contributed by atoms with Crippen LogP contribution in [0.15, 0.2) is 48.9 Å². The van der Waals surface area contributed by atoms with Gasteiger partial charge < -0.3 is 0 Å². The first-order valence-corrected chi connectivity index (χ1v) is 6.09. The summed E-state index contributed by atoms with van der Waals surface area (Å²) in [6.07, 6.45) is 6.54. The third kappa shape index (κ3) is 8.14. The van der Waals surface area contributed by atoms with Gasteiger partial charge in [-0.3, -0.25) is 9.97 Å². The van der Waals surface area contributed by atoms with Crippen molar-refractivity contribution in [3.05, 3.63) is 60.2 Å². The van der Waals surface area contributed by atoms with Gasteiger partial charge in [0.15, 0.2) is 0 Å². The van der Waals surface area contributed by atoms with Crippen LogP contribution < -0.4 is 0 Å². The fourth-order valence-corrected chi connectivity index (χ4v) is 1.06. The molecule has 92 valence electrons. The molecule has 2 nitrogen and oxygen atoms in total. The smallest absolute Gasteiger partial charge is 0.0372 e. The van der Waals surface area contributed by atoms with Gasteiger partial charge >= 0.3 is 0 Å². The number of aromatic nitrogens is 2. The molecule has 2 rings (SSSR count). The fourth-order valence-electron chi connectivity index (χ4n) is 1.06. The van der Waals surface area contributed by atoms with Crippen LogP contribution in [0.4, 0.5) is 0 Å². The summed E-state index contributed by atoms with van der Waals surface area (Å²) in [7, 11) is 0. The molecule has 2 heteroatoms. The van der Waals surface area contributed by atoms with Crippen molar-refractivity contribution >= 4 is 0 Å². The Morgan fingerprint density at radius 1 is 1.00 bits per heavy atom. The van der Waals surface area contributed by atoms with Crippen molar-refractivity contribution in [2.75, 3.05) is 0 Å². The Kier molecular flexibility index (Phi) is 9.73. The zero-order chi connectivity index (χ0) is 12.9. The van der Waals surface area contributed by atoms with Gasteiger partial charge in [0.2, 0.25) is 0 Å². The van der Waals surface area contributed by atoms with Gasteiger partial charge in [-0.25, -0.2) is 0 Å². The Bertz CT molecular complexity index is 357. The molecular formula is C15H22N2. The number of hydrogen-bond donors (Lipinski definition) is 0. The Hall–Kier alpha value is -1.70. The normalized spacial score (nSPS) is 8.24. The molecule has 0 unspecified atom stereocenters. The maximum absolute atomic E-state index is 3.98. The topological polar surface area (TPSA) is 25.8 Å². The quantitative estimate of drug-likeness (QED) is 0.738. The third-order valence-electron chi connectivity index (χ3n) is 1.94. The highest BCUT2D eigenvalue weighted by Crippen LogP contribution is 1.93. The van der Waals surface area contributed by atoms with Crippen molar-refractivity contribution in [2.45, 2.75) is 34.1 Å². The number of hydrogen-bond acceptors (Lipinski definition) is 2. The highest BCUT2D eigenvalue weighted by Gasteiger charge is 1.81. The fraction of sp³-hybridized carbons (Fsp3) is 0.333. The molecule has 0 spiro atoms. The number of aryl methyl sites for hydroxylation is 2. The van der Waals surface area contributed by atoms with E-state index in [1.54, 1.807) is 12.4 Å². The molecule has 0 atom stereocenters. The second kappa shape index (κ2) is 10.8. The first-order chi connectivity index (χ1) is 8.33. The molecule has 17 heavy (non-hydrogen) atoms. The molecule has 0 N–H and O–H groups in total. The number of nitrogens with zero attached hydrogens (tertiary/aromatic N) is 2. The van der Waals surface area contributed by atoms with Crippen LogP contribution in [0.1, 0.15) is 32.0 Å². The second-order valence-corrected chi connectivity index (χ2v) is 3.19. The monoisotopic (exact) mass is 230 g/mol. The van der Waals surface area contributed by atoms with Crippen LogP contribution in [0.25, 0.3) is 0 Å². The van der Waals surface area contributed by atoms with Crippen molar-refractivity contribution in [1.82, 2.24) is 9.97 Å². The average molecular weight is 230 g/mol. The molecule has 2 aromatic heterocycles. The van der Waals surface area contributed by atoms with E-state index in [1.165, 1.54) is 5.56 Å². The summed E-state index contributed by atoms with van der Waals surface area (Å²) < 4.78 is 0. The molecule has 0 saturated heterocycles. The Balaban J connectivity index is 0.000000265. The zero-order valence-corrected chi connectivity index (χ0v) is 11.2. The van der Waals surface area contributed by atoms with Gasteiger partial charge in [-0.1, -0.05) is 32.9 Å². The van der Waals surface area contributed by atoms with E-state index in [9.17, 15) is 0 Å². The highest BCUT2D eigenvalue weighted by atomic mass is 14.6. The number of rotatable bonds is 1. The van der Waals surface area contributed by atoms with Gasteiger partial charge in [0, 0.05) is 24.3 Å². The van der Waals surface area contributed by atoms with E-state index in [2.05, 4.69) is 23.0 Å². The SMILES string of the molecule is CC.CCc1cccnc1.Cc1ccccn1. The Morgan fingerprint density at radius 3 is 2.06 bits per heavy atom. The van der Waals surface area contributed by atoms with Crippen molar-refractivity contribution in [1.29, 1.82) is 0 Å². The molecule has 2 aromatic rings. The molecule has 0 saturated carbocycles. The van der Waals surface area contributed by atoms with Crippen LogP contribution in [0.3, 0.4) is 0 Å². The van der Waals surface area contributed by atoms with Gasteiger partial charge in [-0.05, 0) is 37.1 Å².